The molecule has 1 fully saturated rings. The molecule has 0 N–H and O–H groups in total. The highest BCUT2D eigenvalue weighted by Crippen LogP contribution is 2.38. The number of aliphatic imine (C=N–C) groups is 1. The van der Waals surface area contributed by atoms with Gasteiger partial charge in [-0.25, -0.2) is 9.98 Å². The van der Waals surface area contributed by atoms with E-state index in [4.69, 9.17) is 21.3 Å². The molecule has 32 heavy (non-hydrogen) atoms. The molecule has 2 aliphatic rings. The Bertz CT molecular complexity index is 1210. The zero-order chi connectivity index (χ0) is 22.1. The van der Waals surface area contributed by atoms with E-state index in [-0.39, 0.29) is 11.1 Å². The maximum absolute atomic E-state index is 13.1. The number of amidine groups is 1. The van der Waals surface area contributed by atoms with Crippen molar-refractivity contribution in [2.75, 3.05) is 26.2 Å². The van der Waals surface area contributed by atoms with E-state index in [1.54, 1.807) is 18.3 Å². The van der Waals surface area contributed by atoms with E-state index in [2.05, 4.69) is 22.9 Å². The van der Waals surface area contributed by atoms with Crippen molar-refractivity contribution in [3.63, 3.8) is 0 Å². The minimum absolute atomic E-state index is 0.0855. The zero-order valence-electron chi connectivity index (χ0n) is 17.8. The summed E-state index contributed by atoms with van der Waals surface area (Å²) in [4.78, 5) is 26.2. The van der Waals surface area contributed by atoms with Crippen molar-refractivity contribution in [3.05, 3.63) is 82.6 Å². The summed E-state index contributed by atoms with van der Waals surface area (Å²) < 4.78 is 6.21. The maximum atomic E-state index is 13.1. The third kappa shape index (κ3) is 3.94. The first kappa shape index (κ1) is 20.5. The lowest BCUT2D eigenvalue weighted by Gasteiger charge is -2.25. The number of aryl methyl sites for hydroxylation is 1. The van der Waals surface area contributed by atoms with Crippen LogP contribution in [0.3, 0.4) is 0 Å². The van der Waals surface area contributed by atoms with Crippen molar-refractivity contribution >= 4 is 29.0 Å². The van der Waals surface area contributed by atoms with E-state index in [1.165, 1.54) is 0 Å². The predicted molar refractivity (Wildman–Crippen MR) is 125 cm³/mol. The van der Waals surface area contributed by atoms with Crippen LogP contribution >= 0.6 is 11.6 Å². The summed E-state index contributed by atoms with van der Waals surface area (Å²) >= 11 is 6.16. The number of aromatic nitrogens is 1. The summed E-state index contributed by atoms with van der Waals surface area (Å²) in [5, 5.41) is 0.241. The van der Waals surface area contributed by atoms with E-state index in [9.17, 15) is 4.79 Å². The number of nitrogens with zero attached hydrogens (tertiary/aromatic N) is 4. The molecule has 1 saturated heterocycles. The van der Waals surface area contributed by atoms with Crippen molar-refractivity contribution in [1.29, 1.82) is 0 Å². The van der Waals surface area contributed by atoms with Gasteiger partial charge in [0.25, 0.3) is 5.91 Å². The Balaban J connectivity index is 1.46. The van der Waals surface area contributed by atoms with E-state index in [1.807, 2.05) is 41.3 Å². The molecule has 0 atom stereocenters. The second-order valence-electron chi connectivity index (χ2n) is 7.98. The molecule has 6 nitrogen and oxygen atoms in total. The number of hydrogen-bond donors (Lipinski definition) is 0. The van der Waals surface area contributed by atoms with Crippen LogP contribution in [0, 0.1) is 6.92 Å². The SMILES string of the molecule is Cc1ccc2c(c1)C(N1CCCN(C(=O)c3cccnc3Cl)CC1)=Nc1ccccc1O2. The summed E-state index contributed by atoms with van der Waals surface area (Å²) in [5.41, 5.74) is 3.36. The van der Waals surface area contributed by atoms with Gasteiger partial charge in [-0.2, -0.15) is 0 Å². The molecule has 0 unspecified atom stereocenters. The minimum atomic E-state index is -0.0855. The van der Waals surface area contributed by atoms with E-state index >= 15 is 0 Å². The lowest BCUT2D eigenvalue weighted by atomic mass is 10.1. The molecule has 0 aliphatic carbocycles. The fourth-order valence-electron chi connectivity index (χ4n) is 4.13. The fourth-order valence-corrected chi connectivity index (χ4v) is 4.33. The van der Waals surface area contributed by atoms with Crippen molar-refractivity contribution in [1.82, 2.24) is 14.8 Å². The van der Waals surface area contributed by atoms with Gasteiger partial charge in [0.1, 0.15) is 22.4 Å². The Morgan fingerprint density at radius 2 is 1.88 bits per heavy atom. The van der Waals surface area contributed by atoms with Gasteiger partial charge >= 0.3 is 0 Å². The topological polar surface area (TPSA) is 58.0 Å². The predicted octanol–water partition coefficient (Wildman–Crippen LogP) is 5.08. The van der Waals surface area contributed by atoms with Crippen molar-refractivity contribution in [3.8, 4) is 11.5 Å². The Kier molecular flexibility index (Phi) is 5.53. The first-order chi connectivity index (χ1) is 15.6. The lowest BCUT2D eigenvalue weighted by molar-refractivity contribution is 0.0764. The fraction of sp³-hybridized carbons (Fsp3) is 0.240. The molecule has 162 valence electrons. The number of pyridine rings is 1. The van der Waals surface area contributed by atoms with Crippen LogP contribution < -0.4 is 4.74 Å². The van der Waals surface area contributed by atoms with Crippen molar-refractivity contribution in [2.45, 2.75) is 13.3 Å². The molecule has 2 aliphatic heterocycles. The highest BCUT2D eigenvalue weighted by Gasteiger charge is 2.27. The summed E-state index contributed by atoms with van der Waals surface area (Å²) in [6.45, 7) is 4.75. The van der Waals surface area contributed by atoms with E-state index in [0.717, 1.165) is 47.1 Å². The van der Waals surface area contributed by atoms with Crippen molar-refractivity contribution in [2.24, 2.45) is 4.99 Å². The molecule has 5 rings (SSSR count). The molecule has 1 amide bonds. The van der Waals surface area contributed by atoms with Crippen LogP contribution in [0.5, 0.6) is 11.5 Å². The highest BCUT2D eigenvalue weighted by atomic mass is 35.5. The monoisotopic (exact) mass is 446 g/mol. The second-order valence-corrected chi connectivity index (χ2v) is 8.34. The molecule has 0 radical (unpaired) electrons. The molecule has 3 heterocycles. The van der Waals surface area contributed by atoms with Crippen LogP contribution in [0.4, 0.5) is 5.69 Å². The van der Waals surface area contributed by atoms with Crippen LogP contribution in [0.1, 0.15) is 27.9 Å². The molecule has 7 heteroatoms. The number of ether oxygens (including phenoxy) is 1. The standard InChI is InChI=1S/C25H23ClN4O2/c1-17-9-10-21-19(16-17)24(28-20-7-2-3-8-22(20)32-21)29-12-5-13-30(15-14-29)25(31)18-6-4-11-27-23(18)26/h2-4,6-11,16H,5,12-15H2,1H3. The summed E-state index contributed by atoms with van der Waals surface area (Å²) in [6.07, 6.45) is 2.42. The number of para-hydroxylation sites is 2. The lowest BCUT2D eigenvalue weighted by Crippen LogP contribution is -2.37. The highest BCUT2D eigenvalue weighted by molar-refractivity contribution is 6.32. The average Bonchev–Trinajstić information content (AvgIpc) is 3.14. The third-order valence-electron chi connectivity index (χ3n) is 5.76. The second kappa shape index (κ2) is 8.63. The smallest absolute Gasteiger partial charge is 0.257 e. The Hall–Kier alpha value is -3.38. The Labute approximate surface area is 192 Å². The number of carbonyl (C=O) groups is 1. The number of fused-ring (bicyclic) bond motifs is 2. The molecular formula is C25H23ClN4O2. The number of rotatable bonds is 1. The van der Waals surface area contributed by atoms with Crippen LogP contribution in [0.15, 0.2) is 65.8 Å². The van der Waals surface area contributed by atoms with Gasteiger partial charge in [-0.3, -0.25) is 4.79 Å². The summed E-state index contributed by atoms with van der Waals surface area (Å²) in [6, 6.07) is 17.4. The van der Waals surface area contributed by atoms with E-state index < -0.39 is 0 Å². The van der Waals surface area contributed by atoms with Crippen LogP contribution in [0.25, 0.3) is 0 Å². The summed E-state index contributed by atoms with van der Waals surface area (Å²) in [7, 11) is 0. The molecule has 2 aromatic carbocycles. The summed E-state index contributed by atoms with van der Waals surface area (Å²) in [5.74, 6) is 2.32. The van der Waals surface area contributed by atoms with Crippen LogP contribution in [-0.2, 0) is 0 Å². The molecule has 1 aromatic heterocycles. The minimum Gasteiger partial charge on any atom is -0.454 e. The van der Waals surface area contributed by atoms with Gasteiger partial charge < -0.3 is 14.5 Å². The largest absolute Gasteiger partial charge is 0.454 e. The van der Waals surface area contributed by atoms with Crippen LogP contribution in [0.2, 0.25) is 5.15 Å². The zero-order valence-corrected chi connectivity index (χ0v) is 18.5. The number of halogens is 1. The molecule has 0 saturated carbocycles. The molecule has 0 bridgehead atoms. The van der Waals surface area contributed by atoms with Gasteiger partial charge in [0, 0.05) is 32.4 Å². The molecular weight excluding hydrogens is 424 g/mol. The Morgan fingerprint density at radius 3 is 2.75 bits per heavy atom. The van der Waals surface area contributed by atoms with E-state index in [0.29, 0.717) is 25.2 Å². The average molecular weight is 447 g/mol. The molecule has 3 aromatic rings. The number of amides is 1. The third-order valence-corrected chi connectivity index (χ3v) is 6.06. The van der Waals surface area contributed by atoms with Gasteiger partial charge in [-0.05, 0) is 49.7 Å². The van der Waals surface area contributed by atoms with Crippen molar-refractivity contribution < 1.29 is 9.53 Å². The number of carbonyl (C=O) groups excluding carboxylic acids is 1. The van der Waals surface area contributed by atoms with Gasteiger partial charge in [0.15, 0.2) is 5.75 Å². The van der Waals surface area contributed by atoms with Crippen LogP contribution in [-0.4, -0.2) is 52.7 Å². The first-order valence-electron chi connectivity index (χ1n) is 10.7. The quantitative estimate of drug-likeness (QED) is 0.489. The number of benzene rings is 2. The normalized spacial score (nSPS) is 15.6. The Morgan fingerprint density at radius 1 is 1.00 bits per heavy atom. The first-order valence-corrected chi connectivity index (χ1v) is 11.1. The van der Waals surface area contributed by atoms with Gasteiger partial charge in [0.05, 0.1) is 11.1 Å². The van der Waals surface area contributed by atoms with Gasteiger partial charge in [0.2, 0.25) is 0 Å². The molecule has 0 spiro atoms. The number of hydrogen-bond acceptors (Lipinski definition) is 5. The van der Waals surface area contributed by atoms with Gasteiger partial charge in [-0.1, -0.05) is 35.4 Å². The van der Waals surface area contributed by atoms with Gasteiger partial charge in [-0.15, -0.1) is 0 Å². The maximum Gasteiger partial charge on any atom is 0.257 e.